The third-order valence-corrected chi connectivity index (χ3v) is 5.48. The molecule has 1 amide bonds. The average Bonchev–Trinajstić information content (AvgIpc) is 2.75. The predicted molar refractivity (Wildman–Crippen MR) is 114 cm³/mol. The molecule has 33 heavy (non-hydrogen) atoms. The van der Waals surface area contributed by atoms with Crippen LogP contribution in [-0.2, 0) is 27.0 Å². The molecule has 1 aliphatic heterocycles. The molecule has 0 spiro atoms. The van der Waals surface area contributed by atoms with Crippen LogP contribution in [0.25, 0.3) is 0 Å². The highest BCUT2D eigenvalue weighted by molar-refractivity contribution is 5.95. The summed E-state index contributed by atoms with van der Waals surface area (Å²) in [4.78, 5) is 27.5. The summed E-state index contributed by atoms with van der Waals surface area (Å²) in [5, 5.41) is 0. The third-order valence-electron chi connectivity index (χ3n) is 5.48. The second-order valence-electron chi connectivity index (χ2n) is 8.47. The van der Waals surface area contributed by atoms with Crippen LogP contribution in [0.5, 0.6) is 0 Å². The minimum atomic E-state index is -4.49. The van der Waals surface area contributed by atoms with Gasteiger partial charge in [-0.1, -0.05) is 38.1 Å². The van der Waals surface area contributed by atoms with Crippen LogP contribution in [-0.4, -0.2) is 23.4 Å². The first-order valence-corrected chi connectivity index (χ1v) is 10.6. The van der Waals surface area contributed by atoms with Crippen molar-refractivity contribution in [3.8, 4) is 0 Å². The van der Waals surface area contributed by atoms with Crippen molar-refractivity contribution in [3.63, 3.8) is 0 Å². The van der Waals surface area contributed by atoms with Gasteiger partial charge in [0.05, 0.1) is 24.3 Å². The quantitative estimate of drug-likeness (QED) is 0.400. The van der Waals surface area contributed by atoms with Crippen LogP contribution < -0.4 is 0 Å². The predicted octanol–water partition coefficient (Wildman–Crippen LogP) is 5.83. The van der Waals surface area contributed by atoms with Crippen molar-refractivity contribution in [1.29, 1.82) is 0 Å². The lowest BCUT2D eigenvalue weighted by atomic mass is 9.83. The molecule has 1 aliphatic rings. The summed E-state index contributed by atoms with van der Waals surface area (Å²) >= 11 is 0. The van der Waals surface area contributed by atoms with Gasteiger partial charge >= 0.3 is 12.1 Å². The molecule has 2 aromatic carbocycles. The van der Waals surface area contributed by atoms with Gasteiger partial charge in [-0.05, 0) is 48.2 Å². The fourth-order valence-corrected chi connectivity index (χ4v) is 3.75. The number of alkyl halides is 3. The number of carbonyl (C=O) groups is 2. The Balaban J connectivity index is 1.99. The number of esters is 1. The molecule has 4 nitrogen and oxygen atoms in total. The first kappa shape index (κ1) is 24.5. The molecule has 0 fully saturated rings. The van der Waals surface area contributed by atoms with Gasteiger partial charge in [0, 0.05) is 18.0 Å². The SMILES string of the molecule is CC1=C(C(=O)OCC(C)C)C(c2ccc(C(F)(F)F)cc2)CC(=O)N1Cc1ccc(F)cc1. The van der Waals surface area contributed by atoms with E-state index >= 15 is 0 Å². The Kier molecular flexibility index (Phi) is 7.25. The lowest BCUT2D eigenvalue weighted by Gasteiger charge is -2.34. The minimum Gasteiger partial charge on any atom is -0.462 e. The van der Waals surface area contributed by atoms with E-state index in [0.717, 1.165) is 12.1 Å². The number of carbonyl (C=O) groups excluding carboxylic acids is 2. The lowest BCUT2D eigenvalue weighted by molar-refractivity contribution is -0.141. The van der Waals surface area contributed by atoms with Crippen molar-refractivity contribution in [2.24, 2.45) is 5.92 Å². The Bertz CT molecular complexity index is 1040. The molecule has 1 heterocycles. The molecule has 0 saturated heterocycles. The van der Waals surface area contributed by atoms with E-state index < -0.39 is 29.4 Å². The van der Waals surface area contributed by atoms with Gasteiger partial charge in [0.25, 0.3) is 0 Å². The molecular weight excluding hydrogens is 438 g/mol. The molecule has 0 aromatic heterocycles. The van der Waals surface area contributed by atoms with Gasteiger partial charge in [0.2, 0.25) is 5.91 Å². The van der Waals surface area contributed by atoms with E-state index in [1.54, 1.807) is 19.1 Å². The summed E-state index contributed by atoms with van der Waals surface area (Å²) in [5.41, 5.74) is 0.892. The van der Waals surface area contributed by atoms with Crippen LogP contribution in [0.3, 0.4) is 0 Å². The summed E-state index contributed by atoms with van der Waals surface area (Å²) in [5.74, 6) is -1.95. The molecule has 0 N–H and O–H groups in total. The van der Waals surface area contributed by atoms with Crippen molar-refractivity contribution in [2.45, 2.75) is 45.8 Å². The highest BCUT2D eigenvalue weighted by atomic mass is 19.4. The molecule has 1 unspecified atom stereocenters. The van der Waals surface area contributed by atoms with Gasteiger partial charge in [0.15, 0.2) is 0 Å². The van der Waals surface area contributed by atoms with E-state index in [2.05, 4.69) is 0 Å². The van der Waals surface area contributed by atoms with Gasteiger partial charge < -0.3 is 9.64 Å². The number of hydrogen-bond acceptors (Lipinski definition) is 3. The number of nitrogens with zero attached hydrogens (tertiary/aromatic N) is 1. The number of hydrogen-bond donors (Lipinski definition) is 0. The van der Waals surface area contributed by atoms with Crippen molar-refractivity contribution >= 4 is 11.9 Å². The molecular formula is C25H25F4NO3. The molecule has 0 aliphatic carbocycles. The molecule has 0 saturated carbocycles. The third kappa shape index (κ3) is 5.80. The maximum Gasteiger partial charge on any atom is 0.416 e. The molecule has 2 aromatic rings. The second kappa shape index (κ2) is 9.77. The zero-order valence-corrected chi connectivity index (χ0v) is 18.6. The molecule has 3 rings (SSSR count). The zero-order valence-electron chi connectivity index (χ0n) is 18.6. The number of rotatable bonds is 6. The Labute approximate surface area is 189 Å². The normalized spacial score (nSPS) is 17.0. The summed E-state index contributed by atoms with van der Waals surface area (Å²) in [7, 11) is 0. The number of allylic oxidation sites excluding steroid dienone is 1. The first-order valence-electron chi connectivity index (χ1n) is 10.6. The number of ether oxygens (including phenoxy) is 1. The van der Waals surface area contributed by atoms with Crippen LogP contribution in [0.4, 0.5) is 17.6 Å². The topological polar surface area (TPSA) is 46.6 Å². The van der Waals surface area contributed by atoms with Crippen molar-refractivity contribution < 1.29 is 31.9 Å². The Hall–Kier alpha value is -3.16. The maximum absolute atomic E-state index is 13.3. The fraction of sp³-hybridized carbons (Fsp3) is 0.360. The Morgan fingerprint density at radius 2 is 1.70 bits per heavy atom. The van der Waals surface area contributed by atoms with E-state index in [4.69, 9.17) is 4.74 Å². The highest BCUT2D eigenvalue weighted by Gasteiger charge is 2.38. The van der Waals surface area contributed by atoms with Crippen molar-refractivity contribution in [1.82, 2.24) is 4.90 Å². The molecule has 176 valence electrons. The van der Waals surface area contributed by atoms with Crippen LogP contribution in [0, 0.1) is 11.7 Å². The van der Waals surface area contributed by atoms with E-state index in [9.17, 15) is 27.2 Å². The van der Waals surface area contributed by atoms with Gasteiger partial charge in [-0.25, -0.2) is 9.18 Å². The van der Waals surface area contributed by atoms with E-state index in [0.29, 0.717) is 16.8 Å². The van der Waals surface area contributed by atoms with E-state index in [-0.39, 0.29) is 37.0 Å². The number of benzene rings is 2. The van der Waals surface area contributed by atoms with Crippen LogP contribution >= 0.6 is 0 Å². The summed E-state index contributed by atoms with van der Waals surface area (Å²) in [6, 6.07) is 10.1. The number of amides is 1. The fourth-order valence-electron chi connectivity index (χ4n) is 3.75. The van der Waals surface area contributed by atoms with E-state index in [1.165, 1.54) is 29.2 Å². The zero-order chi connectivity index (χ0) is 24.3. The molecule has 0 radical (unpaired) electrons. The lowest BCUT2D eigenvalue weighted by Crippen LogP contribution is -2.38. The average molecular weight is 463 g/mol. The smallest absolute Gasteiger partial charge is 0.416 e. The second-order valence-corrected chi connectivity index (χ2v) is 8.47. The molecule has 0 bridgehead atoms. The maximum atomic E-state index is 13.3. The number of halogens is 4. The van der Waals surface area contributed by atoms with Crippen LogP contribution in [0.2, 0.25) is 0 Å². The standard InChI is InChI=1S/C25H25F4NO3/c1-15(2)14-33-24(32)23-16(3)30(13-17-4-10-20(26)11-5-17)22(31)12-21(23)18-6-8-19(9-7-18)25(27,28)29/h4-11,15,21H,12-14H2,1-3H3. The van der Waals surface area contributed by atoms with Gasteiger partial charge in [-0.2, -0.15) is 13.2 Å². The summed E-state index contributed by atoms with van der Waals surface area (Å²) in [6.45, 7) is 5.68. The monoisotopic (exact) mass is 463 g/mol. The van der Waals surface area contributed by atoms with Crippen molar-refractivity contribution in [3.05, 3.63) is 82.3 Å². The summed E-state index contributed by atoms with van der Waals surface area (Å²) < 4.78 is 57.6. The minimum absolute atomic E-state index is 0.0833. The Morgan fingerprint density at radius 1 is 1.09 bits per heavy atom. The summed E-state index contributed by atoms with van der Waals surface area (Å²) in [6.07, 6.45) is -4.59. The first-order chi connectivity index (χ1) is 15.5. The molecule has 1 atom stereocenters. The largest absolute Gasteiger partial charge is 0.462 e. The highest BCUT2D eigenvalue weighted by Crippen LogP contribution is 2.39. The van der Waals surface area contributed by atoms with Crippen LogP contribution in [0.1, 0.15) is 49.8 Å². The van der Waals surface area contributed by atoms with Crippen LogP contribution in [0.15, 0.2) is 59.8 Å². The molecule has 8 heteroatoms. The van der Waals surface area contributed by atoms with Gasteiger partial charge in [-0.15, -0.1) is 0 Å². The Morgan fingerprint density at radius 3 is 2.24 bits per heavy atom. The van der Waals surface area contributed by atoms with Crippen molar-refractivity contribution in [2.75, 3.05) is 6.61 Å². The van der Waals surface area contributed by atoms with Gasteiger partial charge in [0.1, 0.15) is 5.82 Å². The van der Waals surface area contributed by atoms with Gasteiger partial charge in [-0.3, -0.25) is 4.79 Å². The van der Waals surface area contributed by atoms with E-state index in [1.807, 2.05) is 13.8 Å².